The number of ketones is 1. The van der Waals surface area contributed by atoms with E-state index in [2.05, 4.69) is 0 Å². The van der Waals surface area contributed by atoms with Crippen LogP contribution in [0.4, 0.5) is 5.69 Å². The molecule has 0 fully saturated rings. The molecule has 146 valence electrons. The predicted octanol–water partition coefficient (Wildman–Crippen LogP) is 6.62. The zero-order valence-electron chi connectivity index (χ0n) is 15.5. The first-order valence-corrected chi connectivity index (χ1v) is 9.78. The van der Waals surface area contributed by atoms with Crippen LogP contribution in [0.15, 0.2) is 65.1 Å². The van der Waals surface area contributed by atoms with Crippen LogP contribution in [0, 0.1) is 0 Å². The van der Waals surface area contributed by atoms with Gasteiger partial charge in [0.1, 0.15) is 11.3 Å². The molecule has 0 unspecified atom stereocenters. The summed E-state index contributed by atoms with van der Waals surface area (Å²) in [5, 5.41) is 1.36. The Morgan fingerprint density at radius 1 is 1.03 bits per heavy atom. The van der Waals surface area contributed by atoms with Crippen LogP contribution in [0.5, 0.6) is 5.75 Å². The van der Waals surface area contributed by atoms with Crippen LogP contribution in [0.1, 0.15) is 23.0 Å². The van der Waals surface area contributed by atoms with Gasteiger partial charge in [0.2, 0.25) is 5.78 Å². The maximum Gasteiger partial charge on any atom is 0.231 e. The minimum absolute atomic E-state index is 0.0597. The van der Waals surface area contributed by atoms with Crippen molar-refractivity contribution in [2.45, 2.75) is 6.92 Å². The summed E-state index contributed by atoms with van der Waals surface area (Å²) >= 11 is 12.1. The van der Waals surface area contributed by atoms with E-state index in [1.54, 1.807) is 12.1 Å². The monoisotopic (exact) mass is 425 g/mol. The molecule has 2 N–H and O–H groups in total. The number of carbonyl (C=O) groups excluding carboxylic acids is 1. The summed E-state index contributed by atoms with van der Waals surface area (Å²) in [4.78, 5) is 12.9. The second-order valence-corrected chi connectivity index (χ2v) is 7.31. The Labute approximate surface area is 177 Å². The van der Waals surface area contributed by atoms with Crippen LogP contribution in [0.3, 0.4) is 0 Å². The third-order valence-electron chi connectivity index (χ3n) is 4.59. The molecule has 3 aromatic carbocycles. The molecule has 0 saturated heterocycles. The number of rotatable bonds is 5. The number of fused-ring (bicyclic) bond motifs is 1. The fraction of sp³-hybridized carbons (Fsp3) is 0.0870. The molecule has 0 saturated carbocycles. The van der Waals surface area contributed by atoms with Crippen molar-refractivity contribution in [3.63, 3.8) is 0 Å². The van der Waals surface area contributed by atoms with Crippen LogP contribution >= 0.6 is 23.2 Å². The van der Waals surface area contributed by atoms with E-state index in [1.165, 1.54) is 6.07 Å². The molecule has 6 heteroatoms. The van der Waals surface area contributed by atoms with Gasteiger partial charge in [-0.05, 0) is 60.5 Å². The van der Waals surface area contributed by atoms with Gasteiger partial charge >= 0.3 is 0 Å². The topological polar surface area (TPSA) is 65.5 Å². The molecular formula is C23H17Cl2NO3. The maximum absolute atomic E-state index is 12.9. The van der Waals surface area contributed by atoms with Crippen molar-refractivity contribution in [1.29, 1.82) is 0 Å². The first-order valence-electron chi connectivity index (χ1n) is 9.03. The lowest BCUT2D eigenvalue weighted by molar-refractivity contribution is 0.101. The normalized spacial score (nSPS) is 11.0. The SMILES string of the molecule is CCOc1cccc(-c2ccc3c(N)c(C(=O)c4ccc(Cl)cc4Cl)oc3c2)c1. The van der Waals surface area contributed by atoms with Gasteiger partial charge in [0.05, 0.1) is 17.3 Å². The number of nitrogen functional groups attached to an aromatic ring is 1. The summed E-state index contributed by atoms with van der Waals surface area (Å²) in [5.74, 6) is 0.460. The molecule has 0 aliphatic rings. The van der Waals surface area contributed by atoms with Crippen molar-refractivity contribution in [1.82, 2.24) is 0 Å². The van der Waals surface area contributed by atoms with Crippen molar-refractivity contribution < 1.29 is 13.9 Å². The zero-order chi connectivity index (χ0) is 20.5. The quantitative estimate of drug-likeness (QED) is 0.364. The van der Waals surface area contributed by atoms with E-state index in [0.29, 0.717) is 22.6 Å². The van der Waals surface area contributed by atoms with E-state index < -0.39 is 0 Å². The first kappa shape index (κ1) is 19.4. The number of furan rings is 1. The van der Waals surface area contributed by atoms with Crippen LogP contribution in [0.25, 0.3) is 22.1 Å². The average molecular weight is 426 g/mol. The second-order valence-electron chi connectivity index (χ2n) is 6.47. The highest BCUT2D eigenvalue weighted by Gasteiger charge is 2.22. The number of halogens is 2. The standard InChI is InChI=1S/C23H17Cl2NO3/c1-2-28-16-5-3-4-13(10-16)14-6-8-18-20(11-14)29-23(21(18)26)22(27)17-9-7-15(24)12-19(17)25/h3-12H,2,26H2,1H3. The molecule has 1 aromatic heterocycles. The van der Waals surface area contributed by atoms with E-state index in [1.807, 2.05) is 49.4 Å². The largest absolute Gasteiger partial charge is 0.494 e. The Morgan fingerprint density at radius 2 is 1.83 bits per heavy atom. The van der Waals surface area contributed by atoms with Crippen molar-refractivity contribution in [3.05, 3.63) is 82.0 Å². The van der Waals surface area contributed by atoms with E-state index in [-0.39, 0.29) is 27.8 Å². The highest BCUT2D eigenvalue weighted by molar-refractivity contribution is 6.37. The van der Waals surface area contributed by atoms with Crippen molar-refractivity contribution in [2.75, 3.05) is 12.3 Å². The van der Waals surface area contributed by atoms with E-state index in [9.17, 15) is 4.79 Å². The first-order chi connectivity index (χ1) is 14.0. The van der Waals surface area contributed by atoms with Gasteiger partial charge in [-0.15, -0.1) is 0 Å². The Hall–Kier alpha value is -2.95. The smallest absolute Gasteiger partial charge is 0.231 e. The number of ether oxygens (including phenoxy) is 1. The third-order valence-corrected chi connectivity index (χ3v) is 5.14. The fourth-order valence-electron chi connectivity index (χ4n) is 3.19. The molecular weight excluding hydrogens is 409 g/mol. The summed E-state index contributed by atoms with van der Waals surface area (Å²) in [5.41, 5.74) is 9.20. The van der Waals surface area contributed by atoms with Crippen LogP contribution in [-0.2, 0) is 0 Å². The highest BCUT2D eigenvalue weighted by atomic mass is 35.5. The number of hydrogen-bond donors (Lipinski definition) is 1. The predicted molar refractivity (Wildman–Crippen MR) is 117 cm³/mol. The zero-order valence-corrected chi connectivity index (χ0v) is 17.1. The summed E-state index contributed by atoms with van der Waals surface area (Å²) in [6.45, 7) is 2.53. The number of nitrogens with two attached hydrogens (primary N) is 1. The van der Waals surface area contributed by atoms with Crippen molar-refractivity contribution >= 4 is 45.6 Å². The molecule has 0 aliphatic carbocycles. The molecule has 4 rings (SSSR count). The van der Waals surface area contributed by atoms with Gasteiger partial charge in [-0.1, -0.05) is 41.4 Å². The minimum atomic E-state index is -0.389. The van der Waals surface area contributed by atoms with Gasteiger partial charge in [0.25, 0.3) is 0 Å². The van der Waals surface area contributed by atoms with Crippen LogP contribution in [-0.4, -0.2) is 12.4 Å². The van der Waals surface area contributed by atoms with Crippen LogP contribution < -0.4 is 10.5 Å². The Kier molecular flexibility index (Phi) is 5.22. The summed E-state index contributed by atoms with van der Waals surface area (Å²) in [6.07, 6.45) is 0. The van der Waals surface area contributed by atoms with Gasteiger partial charge in [-0.2, -0.15) is 0 Å². The van der Waals surface area contributed by atoms with Gasteiger partial charge in [0, 0.05) is 16.0 Å². The lowest BCUT2D eigenvalue weighted by Crippen LogP contribution is -2.03. The van der Waals surface area contributed by atoms with Crippen molar-refractivity contribution in [2.24, 2.45) is 0 Å². The van der Waals surface area contributed by atoms with Gasteiger partial charge in [-0.25, -0.2) is 0 Å². The highest BCUT2D eigenvalue weighted by Crippen LogP contribution is 2.35. The van der Waals surface area contributed by atoms with Crippen molar-refractivity contribution in [3.8, 4) is 16.9 Å². The van der Waals surface area contributed by atoms with Crippen LogP contribution in [0.2, 0.25) is 10.0 Å². The minimum Gasteiger partial charge on any atom is -0.494 e. The molecule has 0 aliphatic heterocycles. The second kappa shape index (κ2) is 7.82. The third kappa shape index (κ3) is 3.69. The molecule has 1 heterocycles. The maximum atomic E-state index is 12.9. The van der Waals surface area contributed by atoms with E-state index >= 15 is 0 Å². The summed E-state index contributed by atoms with van der Waals surface area (Å²) < 4.78 is 11.4. The Balaban J connectivity index is 1.76. The lowest BCUT2D eigenvalue weighted by Gasteiger charge is -2.06. The fourth-order valence-corrected chi connectivity index (χ4v) is 3.69. The Morgan fingerprint density at radius 3 is 2.59 bits per heavy atom. The number of hydrogen-bond acceptors (Lipinski definition) is 4. The Bertz CT molecular complexity index is 1230. The number of benzene rings is 3. The van der Waals surface area contributed by atoms with Gasteiger partial charge < -0.3 is 14.9 Å². The van der Waals surface area contributed by atoms with E-state index in [4.69, 9.17) is 38.1 Å². The van der Waals surface area contributed by atoms with E-state index in [0.717, 1.165) is 16.9 Å². The molecule has 4 aromatic rings. The molecule has 0 bridgehead atoms. The lowest BCUT2D eigenvalue weighted by atomic mass is 10.0. The molecule has 0 spiro atoms. The average Bonchev–Trinajstić information content (AvgIpc) is 3.04. The molecule has 0 radical (unpaired) electrons. The molecule has 4 nitrogen and oxygen atoms in total. The molecule has 29 heavy (non-hydrogen) atoms. The summed E-state index contributed by atoms with van der Waals surface area (Å²) in [7, 11) is 0. The van der Waals surface area contributed by atoms with Gasteiger partial charge in [-0.3, -0.25) is 4.79 Å². The number of anilines is 1. The molecule has 0 amide bonds. The number of carbonyl (C=O) groups is 1. The molecule has 0 atom stereocenters. The van der Waals surface area contributed by atoms with Gasteiger partial charge in [0.15, 0.2) is 5.76 Å². The summed E-state index contributed by atoms with van der Waals surface area (Å²) in [6, 6.07) is 18.1.